The number of hydrogen-bond acceptors (Lipinski definition) is 3. The van der Waals surface area contributed by atoms with Gasteiger partial charge in [0.2, 0.25) is 0 Å². The van der Waals surface area contributed by atoms with Crippen molar-refractivity contribution in [3.05, 3.63) is 35.9 Å². The van der Waals surface area contributed by atoms with Crippen molar-refractivity contribution >= 4 is 18.4 Å². The Hall–Kier alpha value is -1.06. The van der Waals surface area contributed by atoms with Gasteiger partial charge in [0, 0.05) is 0 Å². The van der Waals surface area contributed by atoms with Crippen molar-refractivity contribution in [1.29, 1.82) is 0 Å². The van der Waals surface area contributed by atoms with Gasteiger partial charge in [-0.2, -0.15) is 0 Å². The highest BCUT2D eigenvalue weighted by Gasteiger charge is 2.26. The van der Waals surface area contributed by atoms with Crippen LogP contribution >= 0.6 is 12.4 Å². The van der Waals surface area contributed by atoms with Crippen LogP contribution in [0.1, 0.15) is 31.2 Å². The van der Waals surface area contributed by atoms with Gasteiger partial charge in [0.15, 0.2) is 0 Å². The number of halogens is 1. The molecule has 3 nitrogen and oxygen atoms in total. The fourth-order valence-electron chi connectivity index (χ4n) is 2.48. The van der Waals surface area contributed by atoms with Crippen LogP contribution in [0.2, 0.25) is 0 Å². The summed E-state index contributed by atoms with van der Waals surface area (Å²) in [4.78, 5) is 11.9. The maximum absolute atomic E-state index is 11.9. The molecule has 1 aromatic rings. The summed E-state index contributed by atoms with van der Waals surface area (Å²) in [6.07, 6.45) is 3.97. The SMILES string of the molecule is Cl.NC[C@H]1CC[C@H](C(=O)OCc2ccccc2)CC1. The quantitative estimate of drug-likeness (QED) is 0.865. The van der Waals surface area contributed by atoms with E-state index in [4.69, 9.17) is 10.5 Å². The molecule has 19 heavy (non-hydrogen) atoms. The highest BCUT2D eigenvalue weighted by Crippen LogP contribution is 2.29. The molecule has 1 aliphatic carbocycles. The Kier molecular flexibility index (Phi) is 6.89. The van der Waals surface area contributed by atoms with Gasteiger partial charge in [-0.3, -0.25) is 4.79 Å². The molecular weight excluding hydrogens is 262 g/mol. The topological polar surface area (TPSA) is 52.3 Å². The fourth-order valence-corrected chi connectivity index (χ4v) is 2.48. The number of rotatable bonds is 4. The fraction of sp³-hybridized carbons (Fsp3) is 0.533. The average molecular weight is 284 g/mol. The smallest absolute Gasteiger partial charge is 0.309 e. The molecule has 0 bridgehead atoms. The summed E-state index contributed by atoms with van der Waals surface area (Å²) < 4.78 is 5.37. The van der Waals surface area contributed by atoms with E-state index >= 15 is 0 Å². The average Bonchev–Trinajstić information content (AvgIpc) is 2.46. The second-order valence-corrected chi connectivity index (χ2v) is 5.05. The molecule has 0 saturated heterocycles. The first-order valence-corrected chi connectivity index (χ1v) is 6.70. The summed E-state index contributed by atoms with van der Waals surface area (Å²) in [5.74, 6) is 0.633. The molecule has 0 unspecified atom stereocenters. The molecule has 0 aromatic heterocycles. The van der Waals surface area contributed by atoms with Crippen molar-refractivity contribution in [2.24, 2.45) is 17.6 Å². The van der Waals surface area contributed by atoms with Crippen LogP contribution < -0.4 is 5.73 Å². The van der Waals surface area contributed by atoms with Gasteiger partial charge in [-0.1, -0.05) is 30.3 Å². The van der Waals surface area contributed by atoms with E-state index in [1.54, 1.807) is 0 Å². The Balaban J connectivity index is 0.00000180. The van der Waals surface area contributed by atoms with Gasteiger partial charge in [0.25, 0.3) is 0 Å². The number of carbonyl (C=O) groups is 1. The van der Waals surface area contributed by atoms with E-state index in [9.17, 15) is 4.79 Å². The standard InChI is InChI=1S/C15H21NO2.ClH/c16-10-12-6-8-14(9-7-12)15(17)18-11-13-4-2-1-3-5-13;/h1-5,12,14H,6-11,16H2;1H/t12-,14-;. The summed E-state index contributed by atoms with van der Waals surface area (Å²) in [6, 6.07) is 9.81. The molecule has 0 heterocycles. The number of ether oxygens (including phenoxy) is 1. The molecule has 0 aliphatic heterocycles. The van der Waals surface area contributed by atoms with Gasteiger partial charge < -0.3 is 10.5 Å². The number of hydrogen-bond donors (Lipinski definition) is 1. The second-order valence-electron chi connectivity index (χ2n) is 5.05. The molecule has 4 heteroatoms. The Bertz CT molecular complexity index is 375. The van der Waals surface area contributed by atoms with Crippen LogP contribution in [0.3, 0.4) is 0 Å². The van der Waals surface area contributed by atoms with E-state index in [2.05, 4.69) is 0 Å². The Morgan fingerprint density at radius 1 is 1.16 bits per heavy atom. The summed E-state index contributed by atoms with van der Waals surface area (Å²) in [5, 5.41) is 0. The molecular formula is C15H22ClNO2. The third-order valence-corrected chi connectivity index (χ3v) is 3.74. The van der Waals surface area contributed by atoms with Crippen molar-refractivity contribution < 1.29 is 9.53 Å². The summed E-state index contributed by atoms with van der Waals surface area (Å²) >= 11 is 0. The molecule has 2 N–H and O–H groups in total. The van der Waals surface area contributed by atoms with Crippen LogP contribution in [0.4, 0.5) is 0 Å². The maximum Gasteiger partial charge on any atom is 0.309 e. The Morgan fingerprint density at radius 3 is 2.37 bits per heavy atom. The lowest BCUT2D eigenvalue weighted by molar-refractivity contribution is -0.151. The van der Waals surface area contributed by atoms with Gasteiger partial charge in [0.1, 0.15) is 6.61 Å². The maximum atomic E-state index is 11.9. The highest BCUT2D eigenvalue weighted by molar-refractivity contribution is 5.85. The van der Waals surface area contributed by atoms with Crippen molar-refractivity contribution in [3.63, 3.8) is 0 Å². The van der Waals surface area contributed by atoms with Crippen LogP contribution in [-0.4, -0.2) is 12.5 Å². The minimum Gasteiger partial charge on any atom is -0.461 e. The zero-order valence-corrected chi connectivity index (χ0v) is 11.9. The predicted molar refractivity (Wildman–Crippen MR) is 78.0 cm³/mol. The normalized spacial score (nSPS) is 22.4. The zero-order valence-electron chi connectivity index (χ0n) is 11.1. The molecule has 1 aromatic carbocycles. The molecule has 1 saturated carbocycles. The highest BCUT2D eigenvalue weighted by atomic mass is 35.5. The third kappa shape index (κ3) is 4.84. The van der Waals surface area contributed by atoms with Crippen LogP contribution in [0.15, 0.2) is 30.3 Å². The van der Waals surface area contributed by atoms with Crippen molar-refractivity contribution in [2.75, 3.05) is 6.54 Å². The molecule has 1 aliphatic rings. The lowest BCUT2D eigenvalue weighted by Crippen LogP contribution is -2.26. The monoisotopic (exact) mass is 283 g/mol. The minimum absolute atomic E-state index is 0. The van der Waals surface area contributed by atoms with Gasteiger partial charge in [-0.05, 0) is 43.7 Å². The van der Waals surface area contributed by atoms with E-state index in [1.807, 2.05) is 30.3 Å². The second kappa shape index (κ2) is 8.18. The van der Waals surface area contributed by atoms with Crippen LogP contribution in [0.5, 0.6) is 0 Å². The van der Waals surface area contributed by atoms with Gasteiger partial charge >= 0.3 is 5.97 Å². The first-order valence-electron chi connectivity index (χ1n) is 6.70. The molecule has 0 atom stereocenters. The van der Waals surface area contributed by atoms with Gasteiger partial charge in [-0.15, -0.1) is 12.4 Å². The third-order valence-electron chi connectivity index (χ3n) is 3.74. The molecule has 0 radical (unpaired) electrons. The van der Waals surface area contributed by atoms with E-state index in [0.29, 0.717) is 12.5 Å². The molecule has 1 fully saturated rings. The predicted octanol–water partition coefficient (Wildman–Crippen LogP) is 2.92. The van der Waals surface area contributed by atoms with Crippen molar-refractivity contribution in [2.45, 2.75) is 32.3 Å². The molecule has 106 valence electrons. The van der Waals surface area contributed by atoms with Crippen LogP contribution in [-0.2, 0) is 16.1 Å². The van der Waals surface area contributed by atoms with Crippen LogP contribution in [0, 0.1) is 11.8 Å². The van der Waals surface area contributed by atoms with E-state index < -0.39 is 0 Å². The molecule has 2 rings (SSSR count). The van der Waals surface area contributed by atoms with Gasteiger partial charge in [0.05, 0.1) is 5.92 Å². The minimum atomic E-state index is -0.0469. The summed E-state index contributed by atoms with van der Waals surface area (Å²) in [7, 11) is 0. The zero-order chi connectivity index (χ0) is 12.8. The largest absolute Gasteiger partial charge is 0.461 e. The molecule has 0 spiro atoms. The number of nitrogens with two attached hydrogens (primary N) is 1. The van der Waals surface area contributed by atoms with E-state index in [1.165, 1.54) is 0 Å². The van der Waals surface area contributed by atoms with Gasteiger partial charge in [-0.25, -0.2) is 0 Å². The number of carbonyl (C=O) groups excluding carboxylic acids is 1. The lowest BCUT2D eigenvalue weighted by Gasteiger charge is -2.26. The number of esters is 1. The summed E-state index contributed by atoms with van der Waals surface area (Å²) in [5.41, 5.74) is 6.69. The number of benzene rings is 1. The van der Waals surface area contributed by atoms with E-state index in [0.717, 1.165) is 37.8 Å². The van der Waals surface area contributed by atoms with Crippen LogP contribution in [0.25, 0.3) is 0 Å². The Morgan fingerprint density at radius 2 is 1.79 bits per heavy atom. The van der Waals surface area contributed by atoms with Crippen molar-refractivity contribution in [1.82, 2.24) is 0 Å². The molecule has 0 amide bonds. The van der Waals surface area contributed by atoms with E-state index in [-0.39, 0.29) is 24.3 Å². The van der Waals surface area contributed by atoms with Crippen molar-refractivity contribution in [3.8, 4) is 0 Å². The first-order chi connectivity index (χ1) is 8.79. The lowest BCUT2D eigenvalue weighted by atomic mass is 9.82. The summed E-state index contributed by atoms with van der Waals surface area (Å²) in [6.45, 7) is 1.13. The first kappa shape index (κ1) is 16.0. The Labute approximate surface area is 120 Å².